The Hall–Kier alpha value is -2.72. The van der Waals surface area contributed by atoms with Gasteiger partial charge in [-0.25, -0.2) is 35.1 Å². The quantitative estimate of drug-likeness (QED) is 0.138. The van der Waals surface area contributed by atoms with E-state index >= 15 is 0 Å². The van der Waals surface area contributed by atoms with Gasteiger partial charge in [-0.3, -0.25) is 0 Å². The molecule has 0 atom stereocenters. The second kappa shape index (κ2) is 27.5. The lowest BCUT2D eigenvalue weighted by Crippen LogP contribution is -2.47. The molecule has 0 unspecified atom stereocenters. The minimum Gasteiger partial charge on any atom is -0.657 e. The van der Waals surface area contributed by atoms with Crippen molar-refractivity contribution in [3.05, 3.63) is 26.6 Å². The maximum atomic E-state index is 12.9. The zero-order valence-corrected chi connectivity index (χ0v) is 33.4. The average Bonchev–Trinajstić information content (AvgIpc) is 3.05. The monoisotopic (exact) mass is 1130 g/mol. The summed E-state index contributed by atoms with van der Waals surface area (Å²) >= 11 is 0. The molecule has 0 amide bonds. The van der Waals surface area contributed by atoms with E-state index < -0.39 is 176 Å². The third-order valence-corrected chi connectivity index (χ3v) is 6.28. The first-order chi connectivity index (χ1) is 30.2. The summed E-state index contributed by atoms with van der Waals surface area (Å²) in [6.45, 7) is -16.3. The normalized spacial score (nSPS) is 16.6. The first-order valence-corrected chi connectivity index (χ1v) is 17.2. The van der Waals surface area contributed by atoms with Gasteiger partial charge in [0.05, 0.1) is 0 Å². The van der Waals surface area contributed by atoms with Crippen molar-refractivity contribution in [1.82, 2.24) is 0 Å². The molecule has 41 heteroatoms. The summed E-state index contributed by atoms with van der Waals surface area (Å²) in [4.78, 5) is 0. The van der Waals surface area contributed by atoms with E-state index in [1.807, 2.05) is 5.32 Å². The topological polar surface area (TPSA) is 70.5 Å². The van der Waals surface area contributed by atoms with Gasteiger partial charge in [0.25, 0.3) is 5.92 Å². The molecule has 70 heavy (non-hydrogen) atoms. The molecule has 0 bridgehead atoms. The van der Waals surface area contributed by atoms with Crippen molar-refractivity contribution >= 4 is 0 Å². The largest absolute Gasteiger partial charge is 0.657 e. The highest BCUT2D eigenvalue weighted by molar-refractivity contribution is 5.03. The molecule has 1 fully saturated rings. The first kappa shape index (κ1) is 73.8. The van der Waals surface area contributed by atoms with Crippen molar-refractivity contribution in [1.29, 1.82) is 0 Å². The highest BCUT2D eigenvalue weighted by Crippen LogP contribution is 2.42. The molecular weight excluding hydrogens is 1100 g/mol. The molecule has 5 nitrogen and oxygen atoms in total. The van der Waals surface area contributed by atoms with Gasteiger partial charge in [-0.05, 0) is 6.42 Å². The lowest BCUT2D eigenvalue weighted by atomic mass is 10.1. The highest BCUT2D eigenvalue weighted by atomic mass is 19.5. The number of hydrogen-bond donors (Lipinski definition) is 0. The Labute approximate surface area is 368 Å². The van der Waals surface area contributed by atoms with E-state index in [4.69, 9.17) is 0 Å². The van der Waals surface area contributed by atoms with Crippen LogP contribution in [0.15, 0.2) is 0 Å². The lowest BCUT2D eigenvalue weighted by Gasteiger charge is -2.38. The molecule has 1 heterocycles. The fourth-order valence-corrected chi connectivity index (χ4v) is 3.06. The lowest BCUT2D eigenvalue weighted by molar-refractivity contribution is -0.280. The van der Waals surface area contributed by atoms with Crippen molar-refractivity contribution in [3.8, 4) is 0 Å². The summed E-state index contributed by atoms with van der Waals surface area (Å²) in [5, 5.41) is 12.3. The van der Waals surface area contributed by atoms with Gasteiger partial charge in [0.2, 0.25) is 11.8 Å². The van der Waals surface area contributed by atoms with Crippen molar-refractivity contribution in [2.75, 3.05) is 65.4 Å². The fraction of sp³-hybridized carbons (Fsp3) is 1.00. The maximum absolute atomic E-state index is 12.9. The van der Waals surface area contributed by atoms with Crippen molar-refractivity contribution in [2.24, 2.45) is 0 Å². The van der Waals surface area contributed by atoms with Crippen LogP contribution in [-0.4, -0.2) is 150 Å². The van der Waals surface area contributed by atoms with Gasteiger partial charge in [-0.2, -0.15) is 123 Å². The van der Waals surface area contributed by atoms with Crippen LogP contribution >= 0.6 is 0 Å². The Morgan fingerprint density at radius 2 is 0.543 bits per heavy atom. The van der Waals surface area contributed by atoms with Crippen LogP contribution in [0, 0.1) is 0 Å². The number of nitrogens with zero attached hydrogens (tertiary/aromatic N) is 5. The Kier molecular flexibility index (Phi) is 29.0. The van der Waals surface area contributed by atoms with Gasteiger partial charge in [0, 0.05) is 25.7 Å². The Balaban J connectivity index is -0.000000401. The predicted molar refractivity (Wildman–Crippen MR) is 167 cm³/mol. The second-order valence-electron chi connectivity index (χ2n) is 13.2. The maximum Gasteiger partial charge on any atom is 0.451 e. The van der Waals surface area contributed by atoms with Crippen molar-refractivity contribution in [2.45, 2.75) is 117 Å². The summed E-state index contributed by atoms with van der Waals surface area (Å²) in [6.07, 6.45) is -48.0. The molecule has 0 N–H and O–H groups in total. The van der Waals surface area contributed by atoms with Crippen molar-refractivity contribution < 1.29 is 158 Å². The van der Waals surface area contributed by atoms with Gasteiger partial charge < -0.3 is 26.6 Å². The van der Waals surface area contributed by atoms with Crippen LogP contribution in [0.1, 0.15) is 32.1 Å². The third kappa shape index (κ3) is 42.9. The summed E-state index contributed by atoms with van der Waals surface area (Å²) < 4.78 is 422. The number of alkyl halides is 36. The predicted octanol–water partition coefficient (Wildman–Crippen LogP) is 16.1. The Bertz CT molecular complexity index is 1250. The zero-order valence-electron chi connectivity index (χ0n) is 33.4. The fourth-order valence-electron chi connectivity index (χ4n) is 3.06. The minimum absolute atomic E-state index is 0.164. The van der Waals surface area contributed by atoms with Crippen LogP contribution < -0.4 is 0 Å². The molecule has 0 saturated carbocycles. The first-order valence-electron chi connectivity index (χ1n) is 17.2. The van der Waals surface area contributed by atoms with Gasteiger partial charge in [0.1, 0.15) is 0 Å². The molecule has 0 radical (unpaired) electrons. The van der Waals surface area contributed by atoms with E-state index in [1.54, 1.807) is 0 Å². The zero-order chi connectivity index (χ0) is 57.1. The molecule has 1 aliphatic heterocycles. The summed E-state index contributed by atoms with van der Waals surface area (Å²) in [7, 11) is 0. The van der Waals surface area contributed by atoms with Crippen LogP contribution in [0.2, 0.25) is 0 Å². The van der Waals surface area contributed by atoms with Crippen molar-refractivity contribution in [3.63, 3.8) is 0 Å². The van der Waals surface area contributed by atoms with Crippen LogP contribution in [0.4, 0.5) is 158 Å². The highest BCUT2D eigenvalue weighted by Gasteiger charge is 2.57. The SMILES string of the molecule is FC(F)(F)C(F)(F)C[N-]CC(F)(F)C(F)(F)F.FC(F)(F)CCC(F)(F)C[N-]CC(F)(F)CCC(F)(F)F.FC(F)(F)C[N-]CC(F)(F)F.FC(F)(F)C[N-]CC(F)(F)F.FC1(F)CC[N-]CC1(F)F. The molecule has 0 aromatic carbocycles. The van der Waals surface area contributed by atoms with E-state index in [0.29, 0.717) is 0 Å². The summed E-state index contributed by atoms with van der Waals surface area (Å²) in [5.74, 6) is -26.5. The van der Waals surface area contributed by atoms with Gasteiger partial charge in [-0.15, -0.1) is 6.54 Å². The molecule has 1 aliphatic rings. The molecule has 0 aromatic rings. The molecule has 0 spiro atoms. The molecule has 0 aromatic heterocycles. The number of piperidine rings is 1. The second-order valence-corrected chi connectivity index (χ2v) is 13.2. The van der Waals surface area contributed by atoms with Gasteiger partial charge >= 0.3 is 67.2 Å². The standard InChI is InChI=1S/C10H12F10N.C6H4F10N.C5H6F4N.2C4H4F6N/c11-7(12,1-3-9(15,16)17)5-21-6-8(13,14)2-4-10(18,19)20;7-3(8,5(11,12)13)1-17-2-4(9,10)6(14,15)16;6-4(7)1-2-10-3-5(4,8)9;2*5-3(6,7)1-11-2-4(8,9)10/h1-6H2;1-2H2;1-3H2;2*1-2H2/q5*-1. The minimum atomic E-state index is -6.05. The average molecular weight is 1130 g/mol. The smallest absolute Gasteiger partial charge is 0.451 e. The number of rotatable bonds is 16. The Morgan fingerprint density at radius 3 is 0.729 bits per heavy atom. The Morgan fingerprint density at radius 1 is 0.300 bits per heavy atom. The summed E-state index contributed by atoms with van der Waals surface area (Å²) in [6, 6.07) is 0. The van der Waals surface area contributed by atoms with E-state index in [1.165, 1.54) is 0 Å². The molecule has 0 aliphatic carbocycles. The molecule has 1 saturated heterocycles. The summed E-state index contributed by atoms with van der Waals surface area (Å²) in [5.41, 5.74) is 0. The molecular formula is C29H30F36N5-5. The van der Waals surface area contributed by atoms with E-state index in [9.17, 15) is 158 Å². The number of halogens is 36. The van der Waals surface area contributed by atoms with E-state index in [0.717, 1.165) is 0 Å². The van der Waals surface area contributed by atoms with Crippen LogP contribution in [-0.2, 0) is 0 Å². The molecule has 428 valence electrons. The van der Waals surface area contributed by atoms with Gasteiger partial charge in [-0.1, -0.05) is 58.9 Å². The van der Waals surface area contributed by atoms with E-state index in [-0.39, 0.29) is 6.54 Å². The van der Waals surface area contributed by atoms with Crippen LogP contribution in [0.3, 0.4) is 0 Å². The third-order valence-electron chi connectivity index (χ3n) is 6.28. The van der Waals surface area contributed by atoms with Crippen LogP contribution in [0.25, 0.3) is 26.6 Å². The van der Waals surface area contributed by atoms with Gasteiger partial charge in [0.15, 0.2) is 0 Å². The number of hydrogen-bond acceptors (Lipinski definition) is 0. The molecule has 1 rings (SSSR count). The van der Waals surface area contributed by atoms with E-state index in [2.05, 4.69) is 21.3 Å². The van der Waals surface area contributed by atoms with Crippen LogP contribution in [0.5, 0.6) is 0 Å².